The predicted molar refractivity (Wildman–Crippen MR) is 77.3 cm³/mol. The molecule has 2 aromatic rings. The maximum atomic E-state index is 12.2. The van der Waals surface area contributed by atoms with Gasteiger partial charge in [-0.3, -0.25) is 4.79 Å². The molecular formula is C16H16N2O3. The first-order chi connectivity index (χ1) is 10.2. The summed E-state index contributed by atoms with van der Waals surface area (Å²) in [6.07, 6.45) is 5.17. The smallest absolute Gasteiger partial charge is 0.272 e. The number of aliphatic hydroxyl groups is 1. The Morgan fingerprint density at radius 2 is 2.29 bits per heavy atom. The molecule has 108 valence electrons. The summed E-state index contributed by atoms with van der Waals surface area (Å²) in [6, 6.07) is 5.21. The summed E-state index contributed by atoms with van der Waals surface area (Å²) in [4.78, 5) is 17.9. The first kappa shape index (κ1) is 14.8. The van der Waals surface area contributed by atoms with Gasteiger partial charge < -0.3 is 14.4 Å². The van der Waals surface area contributed by atoms with Crippen LogP contribution in [0.3, 0.4) is 0 Å². The standard InChI is InChI=1S/C16H16N2O3/c1-18(11-14-7-9-21-12-14)16(20)15-6-5-13(10-17-15)4-2-3-8-19/h5-7,9-10,12,19H,3,8,11H2,1H3. The molecule has 0 fully saturated rings. The van der Waals surface area contributed by atoms with E-state index in [9.17, 15) is 4.79 Å². The molecule has 0 spiro atoms. The first-order valence-corrected chi connectivity index (χ1v) is 6.53. The molecule has 0 aromatic carbocycles. The van der Waals surface area contributed by atoms with Crippen molar-refractivity contribution < 1.29 is 14.3 Å². The minimum atomic E-state index is -0.161. The van der Waals surface area contributed by atoms with E-state index in [4.69, 9.17) is 9.52 Å². The predicted octanol–water partition coefficient (Wildman–Crippen LogP) is 1.68. The van der Waals surface area contributed by atoms with Crippen molar-refractivity contribution in [3.05, 3.63) is 53.7 Å². The van der Waals surface area contributed by atoms with E-state index < -0.39 is 0 Å². The Hall–Kier alpha value is -2.58. The zero-order valence-electron chi connectivity index (χ0n) is 11.7. The van der Waals surface area contributed by atoms with E-state index in [1.807, 2.05) is 6.07 Å². The van der Waals surface area contributed by atoms with Crippen molar-refractivity contribution in [2.45, 2.75) is 13.0 Å². The highest BCUT2D eigenvalue weighted by atomic mass is 16.3. The average Bonchev–Trinajstić information content (AvgIpc) is 3.00. The highest BCUT2D eigenvalue weighted by Crippen LogP contribution is 2.08. The summed E-state index contributed by atoms with van der Waals surface area (Å²) in [5, 5.41) is 8.65. The summed E-state index contributed by atoms with van der Waals surface area (Å²) in [5.41, 5.74) is 2.02. The van der Waals surface area contributed by atoms with Gasteiger partial charge in [-0.2, -0.15) is 0 Å². The van der Waals surface area contributed by atoms with Crippen molar-refractivity contribution in [2.24, 2.45) is 0 Å². The second kappa shape index (κ2) is 7.27. The highest BCUT2D eigenvalue weighted by Gasteiger charge is 2.13. The SMILES string of the molecule is CN(Cc1ccoc1)C(=O)c1ccc(C#CCCO)cn1. The van der Waals surface area contributed by atoms with E-state index in [0.717, 1.165) is 11.1 Å². The number of rotatable bonds is 4. The lowest BCUT2D eigenvalue weighted by molar-refractivity contribution is 0.0779. The van der Waals surface area contributed by atoms with Crippen molar-refractivity contribution >= 4 is 5.91 Å². The van der Waals surface area contributed by atoms with E-state index in [2.05, 4.69) is 16.8 Å². The summed E-state index contributed by atoms with van der Waals surface area (Å²) in [6.45, 7) is 0.505. The molecule has 2 rings (SSSR count). The molecule has 0 saturated heterocycles. The third-order valence-corrected chi connectivity index (χ3v) is 2.80. The first-order valence-electron chi connectivity index (χ1n) is 6.53. The summed E-state index contributed by atoms with van der Waals surface area (Å²) in [7, 11) is 1.71. The molecule has 0 aliphatic heterocycles. The number of pyridine rings is 1. The molecule has 0 unspecified atom stereocenters. The molecule has 5 nitrogen and oxygen atoms in total. The van der Waals surface area contributed by atoms with Crippen LogP contribution < -0.4 is 0 Å². The van der Waals surface area contributed by atoms with E-state index in [1.165, 1.54) is 0 Å². The second-order valence-corrected chi connectivity index (χ2v) is 4.50. The van der Waals surface area contributed by atoms with Crippen LogP contribution in [0.2, 0.25) is 0 Å². The molecule has 2 aromatic heterocycles. The molecule has 2 heterocycles. The van der Waals surface area contributed by atoms with E-state index >= 15 is 0 Å². The average molecular weight is 284 g/mol. The lowest BCUT2D eigenvalue weighted by Gasteiger charge is -2.15. The quantitative estimate of drug-likeness (QED) is 0.867. The fourth-order valence-corrected chi connectivity index (χ4v) is 1.74. The van der Waals surface area contributed by atoms with E-state index in [1.54, 1.807) is 42.8 Å². The van der Waals surface area contributed by atoms with Crippen LogP contribution in [0.15, 0.2) is 41.3 Å². The molecule has 0 radical (unpaired) electrons. The molecule has 5 heteroatoms. The number of amides is 1. The molecule has 0 aliphatic rings. The Balaban J connectivity index is 2.01. The van der Waals surface area contributed by atoms with Crippen LogP contribution in [0.4, 0.5) is 0 Å². The van der Waals surface area contributed by atoms with Crippen LogP contribution >= 0.6 is 0 Å². The van der Waals surface area contributed by atoms with Crippen molar-refractivity contribution in [3.63, 3.8) is 0 Å². The van der Waals surface area contributed by atoms with Gasteiger partial charge >= 0.3 is 0 Å². The van der Waals surface area contributed by atoms with Gasteiger partial charge in [0.15, 0.2) is 0 Å². The van der Waals surface area contributed by atoms with Gasteiger partial charge in [-0.05, 0) is 18.2 Å². The van der Waals surface area contributed by atoms with Crippen LogP contribution in [0.5, 0.6) is 0 Å². The Kier molecular flexibility index (Phi) is 5.13. The van der Waals surface area contributed by atoms with Crippen molar-refractivity contribution in [1.82, 2.24) is 9.88 Å². The number of aromatic nitrogens is 1. The molecule has 1 N–H and O–H groups in total. The number of hydrogen-bond acceptors (Lipinski definition) is 4. The molecule has 0 bridgehead atoms. The van der Waals surface area contributed by atoms with Crippen molar-refractivity contribution in [1.29, 1.82) is 0 Å². The minimum absolute atomic E-state index is 0.0375. The van der Waals surface area contributed by atoms with Gasteiger partial charge in [0.1, 0.15) is 5.69 Å². The topological polar surface area (TPSA) is 66.6 Å². The van der Waals surface area contributed by atoms with Gasteiger partial charge in [-0.25, -0.2) is 4.98 Å². The Bertz CT molecular complexity index is 636. The monoisotopic (exact) mass is 284 g/mol. The van der Waals surface area contributed by atoms with Gasteiger partial charge in [-0.15, -0.1) is 0 Å². The number of carbonyl (C=O) groups is 1. The molecule has 21 heavy (non-hydrogen) atoms. The fourth-order valence-electron chi connectivity index (χ4n) is 1.74. The summed E-state index contributed by atoms with van der Waals surface area (Å²) < 4.78 is 4.98. The molecule has 0 aliphatic carbocycles. The molecule has 0 saturated carbocycles. The normalized spacial score (nSPS) is 9.81. The van der Waals surface area contributed by atoms with Crippen LogP contribution in [0.1, 0.15) is 28.0 Å². The third kappa shape index (κ3) is 4.20. The summed E-state index contributed by atoms with van der Waals surface area (Å²) in [5.74, 6) is 5.51. The van der Waals surface area contributed by atoms with Crippen molar-refractivity contribution in [3.8, 4) is 11.8 Å². The highest BCUT2D eigenvalue weighted by molar-refractivity contribution is 5.92. The zero-order chi connectivity index (χ0) is 15.1. The number of hydrogen-bond donors (Lipinski definition) is 1. The zero-order valence-corrected chi connectivity index (χ0v) is 11.7. The third-order valence-electron chi connectivity index (χ3n) is 2.80. The Labute approximate surface area is 123 Å². The maximum Gasteiger partial charge on any atom is 0.272 e. The number of furan rings is 1. The van der Waals surface area contributed by atoms with Crippen LogP contribution in [0.25, 0.3) is 0 Å². The Morgan fingerprint density at radius 3 is 2.90 bits per heavy atom. The van der Waals surface area contributed by atoms with Gasteiger partial charge in [0.05, 0.1) is 19.1 Å². The van der Waals surface area contributed by atoms with E-state index in [0.29, 0.717) is 18.7 Å². The van der Waals surface area contributed by atoms with Gasteiger partial charge in [0, 0.05) is 37.3 Å². The van der Waals surface area contributed by atoms with Gasteiger partial charge in [0.25, 0.3) is 5.91 Å². The Morgan fingerprint density at radius 1 is 1.43 bits per heavy atom. The van der Waals surface area contributed by atoms with Crippen LogP contribution in [-0.2, 0) is 6.54 Å². The lowest BCUT2D eigenvalue weighted by atomic mass is 10.2. The molecule has 1 amide bonds. The van der Waals surface area contributed by atoms with Crippen LogP contribution in [0, 0.1) is 11.8 Å². The van der Waals surface area contributed by atoms with Gasteiger partial charge in [-0.1, -0.05) is 11.8 Å². The maximum absolute atomic E-state index is 12.2. The van der Waals surface area contributed by atoms with E-state index in [-0.39, 0.29) is 12.5 Å². The molecular weight excluding hydrogens is 268 g/mol. The number of carbonyl (C=O) groups excluding carboxylic acids is 1. The van der Waals surface area contributed by atoms with Crippen LogP contribution in [-0.4, -0.2) is 34.6 Å². The minimum Gasteiger partial charge on any atom is -0.472 e. The van der Waals surface area contributed by atoms with Crippen molar-refractivity contribution in [2.75, 3.05) is 13.7 Å². The second-order valence-electron chi connectivity index (χ2n) is 4.50. The lowest BCUT2D eigenvalue weighted by Crippen LogP contribution is -2.26. The largest absolute Gasteiger partial charge is 0.472 e. The van der Waals surface area contributed by atoms with Gasteiger partial charge in [0.2, 0.25) is 0 Å². The number of aliphatic hydroxyl groups excluding tert-OH is 1. The molecule has 0 atom stereocenters. The fraction of sp³-hybridized carbons (Fsp3) is 0.250. The summed E-state index contributed by atoms with van der Waals surface area (Å²) >= 11 is 0. The number of nitrogens with zero attached hydrogens (tertiary/aromatic N) is 2.